The minimum atomic E-state index is -0.00143. The second-order valence-corrected chi connectivity index (χ2v) is 7.44. The van der Waals surface area contributed by atoms with Crippen LogP contribution in [0, 0.1) is 13.8 Å². The van der Waals surface area contributed by atoms with Gasteiger partial charge in [-0.25, -0.2) is 0 Å². The van der Waals surface area contributed by atoms with Crippen molar-refractivity contribution in [3.8, 4) is 0 Å². The molecule has 3 aromatic rings. The van der Waals surface area contributed by atoms with Crippen LogP contribution in [0.15, 0.2) is 54.7 Å². The summed E-state index contributed by atoms with van der Waals surface area (Å²) in [6.45, 7) is 6.38. The highest BCUT2D eigenvalue weighted by atomic mass is 32.1. The number of nitrogens with zero attached hydrogens (tertiary/aromatic N) is 2. The van der Waals surface area contributed by atoms with E-state index < -0.39 is 0 Å². The van der Waals surface area contributed by atoms with E-state index in [1.807, 2.05) is 18.3 Å². The topological polar surface area (TPSA) is 44.0 Å². The molecule has 1 aliphatic rings. The van der Waals surface area contributed by atoms with Gasteiger partial charge in [0.05, 0.1) is 17.8 Å². The van der Waals surface area contributed by atoms with E-state index in [1.54, 1.807) is 0 Å². The molecule has 1 fully saturated rings. The lowest BCUT2D eigenvalue weighted by Crippen LogP contribution is -2.29. The summed E-state index contributed by atoms with van der Waals surface area (Å²) in [7, 11) is 0. The van der Waals surface area contributed by atoms with Crippen LogP contribution in [0.4, 0.5) is 5.69 Å². The number of rotatable bonds is 4. The van der Waals surface area contributed by atoms with Gasteiger partial charge in [-0.15, -0.1) is 0 Å². The van der Waals surface area contributed by atoms with Gasteiger partial charge in [0.2, 0.25) is 0 Å². The number of nitrogens with one attached hydrogen (secondary N) is 2. The third-order valence-corrected chi connectivity index (χ3v) is 5.54. The van der Waals surface area contributed by atoms with Gasteiger partial charge in [0, 0.05) is 23.3 Å². The van der Waals surface area contributed by atoms with Crippen LogP contribution in [0.2, 0.25) is 0 Å². The molecule has 0 spiro atoms. The third-order valence-electron chi connectivity index (χ3n) is 5.23. The van der Waals surface area contributed by atoms with Crippen molar-refractivity contribution < 1.29 is 0 Å². The smallest absolute Gasteiger partial charge is 0.174 e. The van der Waals surface area contributed by atoms with Gasteiger partial charge in [0.25, 0.3) is 0 Å². The number of hydrogen-bond acceptors (Lipinski definition) is 2. The molecule has 3 heterocycles. The average Bonchev–Trinajstić information content (AvgIpc) is 3.20. The van der Waals surface area contributed by atoms with Crippen LogP contribution in [-0.2, 0) is 6.42 Å². The van der Waals surface area contributed by atoms with Gasteiger partial charge >= 0.3 is 0 Å². The maximum Gasteiger partial charge on any atom is 0.174 e. The van der Waals surface area contributed by atoms with Crippen molar-refractivity contribution in [1.29, 1.82) is 0 Å². The number of aromatic nitrogens is 2. The standard InChI is InChI=1S/C22H24N4S/c1-4-16-8-10-17(11-9-16)26-21(18-13-14(2)24-15(18)3)20(25-22(26)27)19-7-5-6-12-23-19/h5-13,20-21,24H,4H2,1-3H3,(H,25,27)/t20-,21+/m0/s1. The predicted octanol–water partition coefficient (Wildman–Crippen LogP) is 4.77. The fraction of sp³-hybridized carbons (Fsp3) is 0.273. The average molecular weight is 377 g/mol. The molecule has 2 aromatic heterocycles. The van der Waals surface area contributed by atoms with Crippen molar-refractivity contribution in [1.82, 2.24) is 15.3 Å². The summed E-state index contributed by atoms with van der Waals surface area (Å²) in [5, 5.41) is 4.25. The summed E-state index contributed by atoms with van der Waals surface area (Å²) < 4.78 is 0. The fourth-order valence-electron chi connectivity index (χ4n) is 3.89. The molecule has 1 saturated heterocycles. The summed E-state index contributed by atoms with van der Waals surface area (Å²) in [6, 6.07) is 17.0. The van der Waals surface area contributed by atoms with Crippen molar-refractivity contribution >= 4 is 23.0 Å². The zero-order valence-corrected chi connectivity index (χ0v) is 16.7. The highest BCUT2D eigenvalue weighted by Gasteiger charge is 2.41. The Balaban J connectivity index is 1.83. The van der Waals surface area contributed by atoms with Crippen molar-refractivity contribution in [2.75, 3.05) is 4.90 Å². The first-order valence-electron chi connectivity index (χ1n) is 9.34. The second-order valence-electron chi connectivity index (χ2n) is 7.05. The summed E-state index contributed by atoms with van der Waals surface area (Å²) in [4.78, 5) is 10.3. The molecule has 2 atom stereocenters. The first kappa shape index (κ1) is 17.7. The SMILES string of the molecule is CCc1ccc(N2C(=S)N[C@@H](c3ccccn3)[C@H]2c2cc(C)[nH]c2C)cc1. The molecule has 27 heavy (non-hydrogen) atoms. The number of aromatic amines is 1. The van der Waals surface area contributed by atoms with Gasteiger partial charge in [-0.05, 0) is 73.9 Å². The van der Waals surface area contributed by atoms with E-state index >= 15 is 0 Å². The highest BCUT2D eigenvalue weighted by Crippen LogP contribution is 2.42. The molecule has 4 nitrogen and oxygen atoms in total. The maximum absolute atomic E-state index is 5.76. The second kappa shape index (κ2) is 7.16. The van der Waals surface area contributed by atoms with Gasteiger partial charge in [0.1, 0.15) is 0 Å². The Morgan fingerprint density at radius 3 is 2.48 bits per heavy atom. The molecule has 0 radical (unpaired) electrons. The lowest BCUT2D eigenvalue weighted by atomic mass is 9.96. The van der Waals surface area contributed by atoms with Crippen LogP contribution in [0.1, 0.15) is 47.2 Å². The predicted molar refractivity (Wildman–Crippen MR) is 114 cm³/mol. The van der Waals surface area contributed by atoms with Gasteiger partial charge in [-0.3, -0.25) is 4.98 Å². The Kier molecular flexibility index (Phi) is 4.70. The Hall–Kier alpha value is -2.66. The van der Waals surface area contributed by atoms with E-state index in [0.717, 1.165) is 28.6 Å². The zero-order valence-electron chi connectivity index (χ0n) is 15.9. The summed E-state index contributed by atoms with van der Waals surface area (Å²) in [5.74, 6) is 0. The minimum Gasteiger partial charge on any atom is -0.362 e. The van der Waals surface area contributed by atoms with Crippen LogP contribution in [0.5, 0.6) is 0 Å². The molecule has 0 saturated carbocycles. The molecule has 4 rings (SSSR count). The van der Waals surface area contributed by atoms with Gasteiger partial charge in [-0.2, -0.15) is 0 Å². The number of aryl methyl sites for hydroxylation is 3. The lowest BCUT2D eigenvalue weighted by Gasteiger charge is -2.28. The molecule has 0 aliphatic carbocycles. The van der Waals surface area contributed by atoms with Gasteiger partial charge in [-0.1, -0.05) is 25.1 Å². The normalized spacial score (nSPS) is 19.4. The summed E-state index contributed by atoms with van der Waals surface area (Å²) >= 11 is 5.76. The van der Waals surface area contributed by atoms with E-state index in [0.29, 0.717) is 0 Å². The number of anilines is 1. The van der Waals surface area contributed by atoms with Crippen LogP contribution in [0.25, 0.3) is 0 Å². The zero-order chi connectivity index (χ0) is 19.0. The van der Waals surface area contributed by atoms with E-state index in [-0.39, 0.29) is 12.1 Å². The van der Waals surface area contributed by atoms with Crippen LogP contribution >= 0.6 is 12.2 Å². The molecule has 0 amide bonds. The van der Waals surface area contributed by atoms with E-state index in [1.165, 1.54) is 16.8 Å². The van der Waals surface area contributed by atoms with Crippen LogP contribution in [0.3, 0.4) is 0 Å². The van der Waals surface area contributed by atoms with Crippen LogP contribution in [-0.4, -0.2) is 15.1 Å². The molecule has 138 valence electrons. The minimum absolute atomic E-state index is 0.00143. The van der Waals surface area contributed by atoms with Crippen molar-refractivity contribution in [3.63, 3.8) is 0 Å². The maximum atomic E-state index is 5.76. The molecule has 2 N–H and O–H groups in total. The van der Waals surface area contributed by atoms with E-state index in [4.69, 9.17) is 12.2 Å². The quantitative estimate of drug-likeness (QED) is 0.644. The molecule has 0 unspecified atom stereocenters. The molecule has 1 aromatic carbocycles. The van der Waals surface area contributed by atoms with Crippen molar-refractivity contribution in [2.45, 2.75) is 39.3 Å². The molecular formula is C22H24N4S. The first-order valence-corrected chi connectivity index (χ1v) is 9.75. The fourth-order valence-corrected chi connectivity index (χ4v) is 4.24. The Bertz CT molecular complexity index is 946. The summed E-state index contributed by atoms with van der Waals surface area (Å²) in [6.07, 6.45) is 2.87. The summed E-state index contributed by atoms with van der Waals surface area (Å²) in [5.41, 5.74) is 6.99. The van der Waals surface area contributed by atoms with Crippen molar-refractivity contribution in [3.05, 3.63) is 82.9 Å². The lowest BCUT2D eigenvalue weighted by molar-refractivity contribution is 0.566. The van der Waals surface area contributed by atoms with E-state index in [2.05, 4.69) is 77.4 Å². The number of thiocarbonyl (C=S) groups is 1. The van der Waals surface area contributed by atoms with Gasteiger partial charge in [0.15, 0.2) is 5.11 Å². The van der Waals surface area contributed by atoms with Crippen LogP contribution < -0.4 is 10.2 Å². The number of hydrogen-bond donors (Lipinski definition) is 2. The largest absolute Gasteiger partial charge is 0.362 e. The Morgan fingerprint density at radius 2 is 1.89 bits per heavy atom. The molecule has 5 heteroatoms. The Labute approximate surface area is 165 Å². The highest BCUT2D eigenvalue weighted by molar-refractivity contribution is 7.80. The molecular weight excluding hydrogens is 352 g/mol. The number of pyridine rings is 1. The molecule has 1 aliphatic heterocycles. The number of H-pyrrole nitrogens is 1. The number of benzene rings is 1. The van der Waals surface area contributed by atoms with Crippen molar-refractivity contribution in [2.24, 2.45) is 0 Å². The molecule has 0 bridgehead atoms. The van der Waals surface area contributed by atoms with Gasteiger partial charge < -0.3 is 15.2 Å². The first-order chi connectivity index (χ1) is 13.1. The Morgan fingerprint density at radius 1 is 1.11 bits per heavy atom. The monoisotopic (exact) mass is 376 g/mol. The third kappa shape index (κ3) is 3.23. The van der Waals surface area contributed by atoms with E-state index in [9.17, 15) is 0 Å².